The molecule has 1 amide bonds. The van der Waals surface area contributed by atoms with Crippen molar-refractivity contribution in [2.45, 2.75) is 70.8 Å². The highest BCUT2D eigenvalue weighted by Crippen LogP contribution is 2.31. The quantitative estimate of drug-likeness (QED) is 0.811. The van der Waals surface area contributed by atoms with Crippen molar-refractivity contribution in [3.63, 3.8) is 0 Å². The summed E-state index contributed by atoms with van der Waals surface area (Å²) in [5.41, 5.74) is 1.96. The number of carbonyl (C=O) groups is 1. The van der Waals surface area contributed by atoms with Crippen molar-refractivity contribution in [3.05, 3.63) is 24.2 Å². The number of rotatable bonds is 5. The Morgan fingerprint density at radius 1 is 1.23 bits per heavy atom. The van der Waals surface area contributed by atoms with Gasteiger partial charge >= 0.3 is 0 Å². The number of likely N-dealkylation sites (tertiary alicyclic amines) is 1. The van der Waals surface area contributed by atoms with Crippen molar-refractivity contribution in [1.82, 2.24) is 19.4 Å². The van der Waals surface area contributed by atoms with Crippen LogP contribution >= 0.6 is 0 Å². The van der Waals surface area contributed by atoms with Gasteiger partial charge in [-0.1, -0.05) is 26.2 Å². The summed E-state index contributed by atoms with van der Waals surface area (Å²) in [6.45, 7) is 4.82. The number of pyridine rings is 1. The summed E-state index contributed by atoms with van der Waals surface area (Å²) in [4.78, 5) is 24.3. The van der Waals surface area contributed by atoms with Gasteiger partial charge in [-0.05, 0) is 43.7 Å². The molecule has 26 heavy (non-hydrogen) atoms. The fraction of sp³-hybridized carbons (Fsp3) is 0.667. The summed E-state index contributed by atoms with van der Waals surface area (Å²) in [6, 6.07) is 3.99. The van der Waals surface area contributed by atoms with Crippen LogP contribution in [-0.4, -0.2) is 38.4 Å². The second kappa shape index (κ2) is 7.77. The molecule has 2 aliphatic rings. The molecule has 2 fully saturated rings. The fourth-order valence-corrected chi connectivity index (χ4v) is 4.70. The molecule has 5 heteroatoms. The monoisotopic (exact) mass is 354 g/mol. The highest BCUT2D eigenvalue weighted by atomic mass is 16.2. The topological polar surface area (TPSA) is 51.0 Å². The summed E-state index contributed by atoms with van der Waals surface area (Å²) in [5.74, 6) is 2.43. The van der Waals surface area contributed by atoms with Gasteiger partial charge in [-0.25, -0.2) is 9.97 Å². The van der Waals surface area contributed by atoms with Crippen LogP contribution in [0.1, 0.15) is 70.0 Å². The second-order valence-electron chi connectivity index (χ2n) is 8.00. The molecule has 1 aliphatic carbocycles. The lowest BCUT2D eigenvalue weighted by molar-refractivity contribution is -0.131. The van der Waals surface area contributed by atoms with Gasteiger partial charge in [0.1, 0.15) is 11.3 Å². The van der Waals surface area contributed by atoms with Gasteiger partial charge in [0.2, 0.25) is 5.91 Å². The highest BCUT2D eigenvalue weighted by molar-refractivity contribution is 5.77. The first kappa shape index (κ1) is 17.5. The van der Waals surface area contributed by atoms with Crippen LogP contribution in [-0.2, 0) is 11.3 Å². The van der Waals surface area contributed by atoms with E-state index < -0.39 is 0 Å². The van der Waals surface area contributed by atoms with E-state index in [-0.39, 0.29) is 0 Å². The molecule has 0 spiro atoms. The number of carbonyl (C=O) groups excluding carboxylic acids is 1. The summed E-state index contributed by atoms with van der Waals surface area (Å²) < 4.78 is 2.27. The van der Waals surface area contributed by atoms with E-state index in [9.17, 15) is 4.79 Å². The van der Waals surface area contributed by atoms with Crippen molar-refractivity contribution < 1.29 is 4.79 Å². The molecule has 2 aromatic rings. The Hall–Kier alpha value is -1.91. The van der Waals surface area contributed by atoms with Crippen molar-refractivity contribution in [3.8, 4) is 0 Å². The number of aryl methyl sites for hydroxylation is 1. The van der Waals surface area contributed by atoms with Crippen molar-refractivity contribution in [2.24, 2.45) is 5.92 Å². The predicted molar refractivity (Wildman–Crippen MR) is 103 cm³/mol. The van der Waals surface area contributed by atoms with E-state index in [0.29, 0.717) is 17.7 Å². The summed E-state index contributed by atoms with van der Waals surface area (Å²) in [7, 11) is 0. The summed E-state index contributed by atoms with van der Waals surface area (Å²) in [5, 5.41) is 0. The number of hydrogen-bond donors (Lipinski definition) is 0. The minimum atomic E-state index is 0.339. The molecule has 2 aromatic heterocycles. The molecule has 1 aliphatic heterocycles. The van der Waals surface area contributed by atoms with E-state index in [2.05, 4.69) is 21.4 Å². The first-order valence-electron chi connectivity index (χ1n) is 10.3. The Kier molecular flexibility index (Phi) is 5.23. The molecule has 0 bridgehead atoms. The zero-order chi connectivity index (χ0) is 17.9. The number of aromatic nitrogens is 3. The molecular formula is C21H30N4O. The molecule has 0 N–H and O–H groups in total. The smallest absolute Gasteiger partial charge is 0.222 e. The molecule has 0 aromatic carbocycles. The molecule has 5 nitrogen and oxygen atoms in total. The van der Waals surface area contributed by atoms with Crippen LogP contribution in [0.15, 0.2) is 18.3 Å². The van der Waals surface area contributed by atoms with Gasteiger partial charge in [0.05, 0.1) is 0 Å². The largest absolute Gasteiger partial charge is 0.342 e. The average Bonchev–Trinajstić information content (AvgIpc) is 3.28. The molecule has 1 saturated carbocycles. The van der Waals surface area contributed by atoms with E-state index in [4.69, 9.17) is 4.98 Å². The van der Waals surface area contributed by atoms with Crippen molar-refractivity contribution >= 4 is 17.1 Å². The van der Waals surface area contributed by atoms with Crippen LogP contribution < -0.4 is 0 Å². The first-order chi connectivity index (χ1) is 12.8. The predicted octanol–water partition coefficient (Wildman–Crippen LogP) is 4.13. The minimum absolute atomic E-state index is 0.339. The van der Waals surface area contributed by atoms with Gasteiger partial charge in [-0.2, -0.15) is 0 Å². The third kappa shape index (κ3) is 3.49. The van der Waals surface area contributed by atoms with E-state index >= 15 is 0 Å². The van der Waals surface area contributed by atoms with Crippen LogP contribution in [0.25, 0.3) is 11.2 Å². The lowest BCUT2D eigenvalue weighted by atomic mass is 9.87. The van der Waals surface area contributed by atoms with Gasteiger partial charge < -0.3 is 9.47 Å². The molecule has 4 rings (SSSR count). The maximum absolute atomic E-state index is 12.8. The van der Waals surface area contributed by atoms with Crippen molar-refractivity contribution in [2.75, 3.05) is 13.1 Å². The SMILES string of the molecule is CCCn1c([C@H]2CCN(C(=O)CC3CCCCC3)C2)nc2cccnc21. The van der Waals surface area contributed by atoms with Crippen LogP contribution in [0.5, 0.6) is 0 Å². The standard InChI is InChI=1S/C21H30N4O/c1-2-12-25-20(23-18-9-6-11-22-21(18)25)17-10-13-24(15-17)19(26)14-16-7-4-3-5-8-16/h6,9,11,16-17H,2-5,7-8,10,12-15H2,1H3/t17-/m0/s1. The lowest BCUT2D eigenvalue weighted by Crippen LogP contribution is -2.30. The van der Waals surface area contributed by atoms with Gasteiger partial charge in [-0.3, -0.25) is 4.79 Å². The maximum atomic E-state index is 12.8. The maximum Gasteiger partial charge on any atom is 0.222 e. The molecular weight excluding hydrogens is 324 g/mol. The number of fused-ring (bicyclic) bond motifs is 1. The average molecular weight is 354 g/mol. The zero-order valence-electron chi connectivity index (χ0n) is 15.9. The third-order valence-corrected chi connectivity index (χ3v) is 6.07. The lowest BCUT2D eigenvalue weighted by Gasteiger charge is -2.24. The van der Waals surface area contributed by atoms with E-state index in [1.165, 1.54) is 32.1 Å². The van der Waals surface area contributed by atoms with E-state index in [0.717, 1.165) is 55.9 Å². The van der Waals surface area contributed by atoms with Crippen molar-refractivity contribution in [1.29, 1.82) is 0 Å². The van der Waals surface area contributed by atoms with Gasteiger partial charge in [-0.15, -0.1) is 0 Å². The molecule has 1 atom stereocenters. The molecule has 1 saturated heterocycles. The fourth-order valence-electron chi connectivity index (χ4n) is 4.70. The number of amides is 1. The van der Waals surface area contributed by atoms with E-state index in [1.807, 2.05) is 18.3 Å². The Morgan fingerprint density at radius 2 is 2.08 bits per heavy atom. The Labute approximate surface area is 155 Å². The zero-order valence-corrected chi connectivity index (χ0v) is 15.9. The van der Waals surface area contributed by atoms with Crippen LogP contribution in [0.2, 0.25) is 0 Å². The molecule has 0 unspecified atom stereocenters. The third-order valence-electron chi connectivity index (χ3n) is 6.07. The van der Waals surface area contributed by atoms with Gasteiger partial charge in [0.15, 0.2) is 5.65 Å². The molecule has 3 heterocycles. The molecule has 140 valence electrons. The van der Waals surface area contributed by atoms with Crippen LogP contribution in [0.4, 0.5) is 0 Å². The number of hydrogen-bond acceptors (Lipinski definition) is 3. The van der Waals surface area contributed by atoms with Crippen LogP contribution in [0.3, 0.4) is 0 Å². The Balaban J connectivity index is 1.47. The number of imidazole rings is 1. The summed E-state index contributed by atoms with van der Waals surface area (Å²) in [6.07, 6.45) is 11.1. The van der Waals surface area contributed by atoms with E-state index in [1.54, 1.807) is 0 Å². The minimum Gasteiger partial charge on any atom is -0.342 e. The van der Waals surface area contributed by atoms with Crippen LogP contribution in [0, 0.1) is 5.92 Å². The Bertz CT molecular complexity index is 762. The first-order valence-corrected chi connectivity index (χ1v) is 10.3. The number of nitrogens with zero attached hydrogens (tertiary/aromatic N) is 4. The second-order valence-corrected chi connectivity index (χ2v) is 8.00. The normalized spacial score (nSPS) is 21.6. The molecule has 0 radical (unpaired) electrons. The van der Waals surface area contributed by atoms with Gasteiger partial charge in [0.25, 0.3) is 0 Å². The van der Waals surface area contributed by atoms with Gasteiger partial charge in [0, 0.05) is 38.2 Å². The summed E-state index contributed by atoms with van der Waals surface area (Å²) >= 11 is 0. The Morgan fingerprint density at radius 3 is 2.88 bits per heavy atom. The highest BCUT2D eigenvalue weighted by Gasteiger charge is 2.32.